The number of nitrogens with zero attached hydrogens (tertiary/aromatic N) is 2. The molecule has 3 amide bonds. The zero-order chi connectivity index (χ0) is 15.2. The molecule has 1 aromatic rings. The van der Waals surface area contributed by atoms with Crippen LogP contribution in [0.3, 0.4) is 0 Å². The third-order valence-electron chi connectivity index (χ3n) is 4.21. The Morgan fingerprint density at radius 3 is 2.76 bits per heavy atom. The van der Waals surface area contributed by atoms with E-state index in [-0.39, 0.29) is 29.5 Å². The zero-order valence-corrected chi connectivity index (χ0v) is 11.5. The van der Waals surface area contributed by atoms with Gasteiger partial charge in [0.2, 0.25) is 0 Å². The Hall–Kier alpha value is -2.42. The monoisotopic (exact) mass is 287 g/mol. The molecule has 1 aromatic carbocycles. The second-order valence-corrected chi connectivity index (χ2v) is 5.72. The van der Waals surface area contributed by atoms with E-state index in [1.807, 2.05) is 6.07 Å². The number of carbonyl (C=O) groups is 2. The number of benzene rings is 1. The van der Waals surface area contributed by atoms with E-state index in [0.29, 0.717) is 0 Å². The summed E-state index contributed by atoms with van der Waals surface area (Å²) in [6, 6.07) is 5.36. The van der Waals surface area contributed by atoms with Crippen molar-refractivity contribution in [2.45, 2.75) is 31.8 Å². The SMILES string of the molecule is C[C@]1(C2CC2)NC(=O)N(Cc2ccc(C#N)cc2F)C1=O. The van der Waals surface area contributed by atoms with Crippen LogP contribution in [0.5, 0.6) is 0 Å². The molecular formula is C15H14FN3O2. The van der Waals surface area contributed by atoms with Crippen LogP contribution in [0.15, 0.2) is 18.2 Å². The molecule has 108 valence electrons. The van der Waals surface area contributed by atoms with Gasteiger partial charge in [-0.15, -0.1) is 0 Å². The lowest BCUT2D eigenvalue weighted by atomic mass is 9.96. The van der Waals surface area contributed by atoms with Crippen LogP contribution in [0.4, 0.5) is 9.18 Å². The number of hydrogen-bond donors (Lipinski definition) is 1. The van der Waals surface area contributed by atoms with E-state index in [9.17, 15) is 14.0 Å². The molecule has 1 N–H and O–H groups in total. The van der Waals surface area contributed by atoms with Crippen LogP contribution in [0.25, 0.3) is 0 Å². The largest absolute Gasteiger partial charge is 0.325 e. The van der Waals surface area contributed by atoms with Crippen molar-refractivity contribution in [2.75, 3.05) is 0 Å². The molecule has 1 saturated heterocycles. The van der Waals surface area contributed by atoms with E-state index in [1.54, 1.807) is 6.92 Å². The highest BCUT2D eigenvalue weighted by Crippen LogP contribution is 2.42. The summed E-state index contributed by atoms with van der Waals surface area (Å²) in [4.78, 5) is 25.5. The number of imide groups is 1. The van der Waals surface area contributed by atoms with Gasteiger partial charge in [-0.25, -0.2) is 9.18 Å². The molecule has 2 aliphatic rings. The number of nitriles is 1. The molecule has 21 heavy (non-hydrogen) atoms. The van der Waals surface area contributed by atoms with Crippen LogP contribution in [-0.4, -0.2) is 22.4 Å². The van der Waals surface area contributed by atoms with Gasteiger partial charge in [0, 0.05) is 5.56 Å². The van der Waals surface area contributed by atoms with Crippen molar-refractivity contribution < 1.29 is 14.0 Å². The fraction of sp³-hybridized carbons (Fsp3) is 0.400. The first-order valence-electron chi connectivity index (χ1n) is 6.78. The standard InChI is InChI=1S/C15H14FN3O2/c1-15(11-4-5-11)13(20)19(14(21)18-15)8-10-3-2-9(7-17)6-12(10)16/h2-3,6,11H,4-5,8H2,1H3,(H,18,21)/t15-/m1/s1. The van der Waals surface area contributed by atoms with Gasteiger partial charge in [0.1, 0.15) is 11.4 Å². The molecule has 6 heteroatoms. The molecule has 1 aliphatic carbocycles. The van der Waals surface area contributed by atoms with Crippen LogP contribution in [0, 0.1) is 23.1 Å². The second kappa shape index (κ2) is 4.55. The maximum atomic E-state index is 13.9. The van der Waals surface area contributed by atoms with Gasteiger partial charge in [-0.05, 0) is 37.8 Å². The summed E-state index contributed by atoms with van der Waals surface area (Å²) in [5, 5.41) is 11.4. The Kier molecular flexibility index (Phi) is 2.94. The fourth-order valence-corrected chi connectivity index (χ4v) is 2.71. The number of amides is 3. The van der Waals surface area contributed by atoms with Crippen LogP contribution in [-0.2, 0) is 11.3 Å². The van der Waals surface area contributed by atoms with Crippen LogP contribution < -0.4 is 5.32 Å². The molecule has 3 rings (SSSR count). The maximum absolute atomic E-state index is 13.9. The topological polar surface area (TPSA) is 73.2 Å². The number of carbonyl (C=O) groups excluding carboxylic acids is 2. The first-order valence-corrected chi connectivity index (χ1v) is 6.78. The summed E-state index contributed by atoms with van der Waals surface area (Å²) in [6.45, 7) is 1.60. The van der Waals surface area contributed by atoms with Crippen molar-refractivity contribution in [1.82, 2.24) is 10.2 Å². The van der Waals surface area contributed by atoms with Gasteiger partial charge in [-0.1, -0.05) is 6.07 Å². The van der Waals surface area contributed by atoms with Crippen molar-refractivity contribution in [3.63, 3.8) is 0 Å². The summed E-state index contributed by atoms with van der Waals surface area (Å²) in [6.07, 6.45) is 1.84. The van der Waals surface area contributed by atoms with Crippen molar-refractivity contribution in [2.24, 2.45) is 5.92 Å². The van der Waals surface area contributed by atoms with Crippen molar-refractivity contribution in [3.05, 3.63) is 35.1 Å². The Morgan fingerprint density at radius 2 is 2.19 bits per heavy atom. The van der Waals surface area contributed by atoms with Crippen LogP contribution in [0.1, 0.15) is 30.9 Å². The van der Waals surface area contributed by atoms with Crippen molar-refractivity contribution in [3.8, 4) is 6.07 Å². The van der Waals surface area contributed by atoms with Gasteiger partial charge in [-0.2, -0.15) is 5.26 Å². The van der Waals surface area contributed by atoms with E-state index >= 15 is 0 Å². The molecule has 1 heterocycles. The van der Waals surface area contributed by atoms with Gasteiger partial charge in [0.05, 0.1) is 18.2 Å². The normalized spacial score (nSPS) is 24.9. The predicted octanol–water partition coefficient (Wildman–Crippen LogP) is 1.92. The summed E-state index contributed by atoms with van der Waals surface area (Å²) < 4.78 is 13.9. The number of rotatable bonds is 3. The van der Waals surface area contributed by atoms with Gasteiger partial charge in [-0.3, -0.25) is 9.69 Å². The minimum absolute atomic E-state index is 0.121. The Morgan fingerprint density at radius 1 is 1.48 bits per heavy atom. The lowest BCUT2D eigenvalue weighted by Crippen LogP contribution is -2.46. The van der Waals surface area contributed by atoms with Gasteiger partial charge < -0.3 is 5.32 Å². The summed E-state index contributed by atoms with van der Waals surface area (Å²) in [5.74, 6) is -0.724. The lowest BCUT2D eigenvalue weighted by Gasteiger charge is -2.21. The summed E-state index contributed by atoms with van der Waals surface area (Å²) in [5.41, 5.74) is -0.436. The fourth-order valence-electron chi connectivity index (χ4n) is 2.71. The number of nitrogens with one attached hydrogen (secondary N) is 1. The number of urea groups is 1. The lowest BCUT2D eigenvalue weighted by molar-refractivity contribution is -0.131. The van der Waals surface area contributed by atoms with Crippen molar-refractivity contribution in [1.29, 1.82) is 5.26 Å². The first-order chi connectivity index (χ1) is 9.95. The first kappa shape index (κ1) is 13.6. The van der Waals surface area contributed by atoms with E-state index in [4.69, 9.17) is 5.26 Å². The van der Waals surface area contributed by atoms with Crippen LogP contribution in [0.2, 0.25) is 0 Å². The molecule has 0 aromatic heterocycles. The molecule has 1 saturated carbocycles. The minimum atomic E-state index is -0.861. The Labute approximate surface area is 121 Å². The third kappa shape index (κ3) is 2.15. The highest BCUT2D eigenvalue weighted by Gasteiger charge is 2.55. The summed E-state index contributed by atoms with van der Waals surface area (Å²) >= 11 is 0. The quantitative estimate of drug-likeness (QED) is 0.863. The highest BCUT2D eigenvalue weighted by atomic mass is 19.1. The number of hydrogen-bond acceptors (Lipinski definition) is 3. The second-order valence-electron chi connectivity index (χ2n) is 5.72. The third-order valence-corrected chi connectivity index (χ3v) is 4.21. The molecule has 5 nitrogen and oxygen atoms in total. The van der Waals surface area contributed by atoms with E-state index in [1.165, 1.54) is 12.1 Å². The molecular weight excluding hydrogens is 273 g/mol. The maximum Gasteiger partial charge on any atom is 0.325 e. The van der Waals surface area contributed by atoms with E-state index < -0.39 is 17.4 Å². The summed E-state index contributed by atoms with van der Waals surface area (Å²) in [7, 11) is 0. The molecule has 0 bridgehead atoms. The van der Waals surface area contributed by atoms with E-state index in [2.05, 4.69) is 5.32 Å². The molecule has 1 aliphatic heterocycles. The van der Waals surface area contributed by atoms with Crippen molar-refractivity contribution >= 4 is 11.9 Å². The minimum Gasteiger partial charge on any atom is -0.323 e. The Balaban J connectivity index is 1.83. The zero-order valence-electron chi connectivity index (χ0n) is 11.5. The van der Waals surface area contributed by atoms with Crippen LogP contribution >= 0.6 is 0 Å². The van der Waals surface area contributed by atoms with Gasteiger partial charge >= 0.3 is 6.03 Å². The Bertz CT molecular complexity index is 678. The van der Waals surface area contributed by atoms with Gasteiger partial charge in [0.15, 0.2) is 0 Å². The molecule has 0 spiro atoms. The average Bonchev–Trinajstić information content (AvgIpc) is 3.26. The number of halogens is 1. The predicted molar refractivity (Wildman–Crippen MR) is 71.3 cm³/mol. The molecule has 2 fully saturated rings. The molecule has 0 radical (unpaired) electrons. The smallest absolute Gasteiger partial charge is 0.323 e. The molecule has 0 unspecified atom stereocenters. The highest BCUT2D eigenvalue weighted by molar-refractivity contribution is 6.07. The van der Waals surface area contributed by atoms with Gasteiger partial charge in [0.25, 0.3) is 5.91 Å². The van der Waals surface area contributed by atoms with E-state index in [0.717, 1.165) is 23.8 Å². The average molecular weight is 287 g/mol. The molecule has 1 atom stereocenters.